The Hall–Kier alpha value is -2.01. The lowest BCUT2D eigenvalue weighted by Gasteiger charge is -2.09. The van der Waals surface area contributed by atoms with Crippen LogP contribution < -0.4 is 10.6 Å². The molecule has 1 aromatic rings. The second kappa shape index (κ2) is 7.43. The third-order valence-corrected chi connectivity index (χ3v) is 2.55. The molecule has 19 heavy (non-hydrogen) atoms. The molecular weight excluding hydrogens is 258 g/mol. The summed E-state index contributed by atoms with van der Waals surface area (Å²) in [6.45, 7) is 3.84. The van der Waals surface area contributed by atoms with Gasteiger partial charge in [0.1, 0.15) is 5.84 Å². The maximum atomic E-state index is 11.9. The van der Waals surface area contributed by atoms with Crippen LogP contribution >= 0.6 is 12.2 Å². The Kier molecular flexibility index (Phi) is 5.89. The lowest BCUT2D eigenvalue weighted by molar-refractivity contribution is 0.0977. The molecule has 0 atom stereocenters. The molecule has 0 spiro atoms. The Morgan fingerprint density at radius 1 is 1.26 bits per heavy atom. The SMILES string of the molecule is C/C=C\C(=N/C)NC(=S)NC(=O)c1ccc(C)cc1. The predicted molar refractivity (Wildman–Crippen MR) is 82.6 cm³/mol. The van der Waals surface area contributed by atoms with Crippen LogP contribution in [0.1, 0.15) is 22.8 Å². The van der Waals surface area contributed by atoms with Crippen molar-refractivity contribution in [2.24, 2.45) is 4.99 Å². The zero-order valence-corrected chi connectivity index (χ0v) is 12.0. The highest BCUT2D eigenvalue weighted by Crippen LogP contribution is 2.02. The highest BCUT2D eigenvalue weighted by molar-refractivity contribution is 7.80. The second-order valence-electron chi connectivity index (χ2n) is 3.88. The van der Waals surface area contributed by atoms with Gasteiger partial charge in [-0.1, -0.05) is 23.8 Å². The number of thiocarbonyl (C=S) groups is 1. The highest BCUT2D eigenvalue weighted by atomic mass is 32.1. The number of amidine groups is 1. The molecule has 1 aromatic carbocycles. The third kappa shape index (κ3) is 5.01. The van der Waals surface area contributed by atoms with E-state index in [1.807, 2.05) is 32.1 Å². The van der Waals surface area contributed by atoms with Crippen LogP contribution in [-0.2, 0) is 0 Å². The Bertz CT molecular complexity index is 518. The molecule has 0 saturated heterocycles. The van der Waals surface area contributed by atoms with E-state index in [1.54, 1.807) is 25.3 Å². The van der Waals surface area contributed by atoms with E-state index in [1.165, 1.54) is 0 Å². The fraction of sp³-hybridized carbons (Fsp3) is 0.214. The maximum Gasteiger partial charge on any atom is 0.257 e. The smallest absolute Gasteiger partial charge is 0.257 e. The summed E-state index contributed by atoms with van der Waals surface area (Å²) in [7, 11) is 1.65. The van der Waals surface area contributed by atoms with E-state index in [4.69, 9.17) is 12.2 Å². The largest absolute Gasteiger partial charge is 0.317 e. The van der Waals surface area contributed by atoms with Gasteiger partial charge in [-0.2, -0.15) is 0 Å². The van der Waals surface area contributed by atoms with E-state index in [-0.39, 0.29) is 11.0 Å². The Balaban J connectivity index is 2.62. The summed E-state index contributed by atoms with van der Waals surface area (Å²) in [5.41, 5.74) is 1.67. The molecule has 0 heterocycles. The zero-order valence-electron chi connectivity index (χ0n) is 11.2. The first-order valence-corrected chi connectivity index (χ1v) is 6.26. The number of carbonyl (C=O) groups is 1. The van der Waals surface area contributed by atoms with E-state index >= 15 is 0 Å². The number of amides is 1. The van der Waals surface area contributed by atoms with Gasteiger partial charge in [0, 0.05) is 12.6 Å². The molecule has 1 rings (SSSR count). The van der Waals surface area contributed by atoms with Crippen molar-refractivity contribution in [3.8, 4) is 0 Å². The minimum Gasteiger partial charge on any atom is -0.317 e. The van der Waals surface area contributed by atoms with Crippen molar-refractivity contribution in [1.82, 2.24) is 10.6 Å². The molecule has 0 radical (unpaired) electrons. The van der Waals surface area contributed by atoms with Gasteiger partial charge in [0.15, 0.2) is 5.11 Å². The van der Waals surface area contributed by atoms with Gasteiger partial charge in [-0.25, -0.2) is 0 Å². The first kappa shape index (κ1) is 15.0. The molecule has 0 aliphatic rings. The number of rotatable bonds is 2. The average molecular weight is 275 g/mol. The standard InChI is InChI=1S/C14H17N3OS/c1-4-5-12(15-3)16-14(19)17-13(18)11-8-6-10(2)7-9-11/h4-9H,1-3H3,(H2,15,16,17,18,19)/b5-4-. The number of carbonyl (C=O) groups excluding carboxylic acids is 1. The zero-order chi connectivity index (χ0) is 14.3. The summed E-state index contributed by atoms with van der Waals surface area (Å²) in [4.78, 5) is 15.9. The fourth-order valence-corrected chi connectivity index (χ4v) is 1.56. The van der Waals surface area contributed by atoms with Gasteiger partial charge in [-0.3, -0.25) is 15.1 Å². The number of benzene rings is 1. The van der Waals surface area contributed by atoms with E-state index in [0.29, 0.717) is 11.4 Å². The Morgan fingerprint density at radius 2 is 1.89 bits per heavy atom. The number of nitrogens with one attached hydrogen (secondary N) is 2. The van der Waals surface area contributed by atoms with Crippen molar-refractivity contribution in [3.05, 3.63) is 47.5 Å². The summed E-state index contributed by atoms with van der Waals surface area (Å²) >= 11 is 5.05. The van der Waals surface area contributed by atoms with Crippen LogP contribution in [0.15, 0.2) is 41.4 Å². The minimum absolute atomic E-state index is 0.226. The maximum absolute atomic E-state index is 11.9. The van der Waals surface area contributed by atoms with Crippen LogP contribution in [0.3, 0.4) is 0 Å². The van der Waals surface area contributed by atoms with Crippen molar-refractivity contribution in [2.75, 3.05) is 7.05 Å². The van der Waals surface area contributed by atoms with Crippen LogP contribution in [0.4, 0.5) is 0 Å². The molecule has 0 bridgehead atoms. The average Bonchev–Trinajstić information content (AvgIpc) is 2.38. The van der Waals surface area contributed by atoms with Gasteiger partial charge < -0.3 is 5.32 Å². The molecule has 0 aromatic heterocycles. The van der Waals surface area contributed by atoms with Gasteiger partial charge in [-0.15, -0.1) is 0 Å². The van der Waals surface area contributed by atoms with Crippen molar-refractivity contribution >= 4 is 29.1 Å². The van der Waals surface area contributed by atoms with Crippen LogP contribution in [0.5, 0.6) is 0 Å². The van der Waals surface area contributed by atoms with Gasteiger partial charge in [0.25, 0.3) is 5.91 Å². The van der Waals surface area contributed by atoms with Crippen molar-refractivity contribution in [2.45, 2.75) is 13.8 Å². The molecule has 2 N–H and O–H groups in total. The first-order valence-electron chi connectivity index (χ1n) is 5.85. The van der Waals surface area contributed by atoms with Crippen molar-refractivity contribution < 1.29 is 4.79 Å². The molecular formula is C14H17N3OS. The van der Waals surface area contributed by atoms with Crippen molar-refractivity contribution in [1.29, 1.82) is 0 Å². The summed E-state index contributed by atoms with van der Waals surface area (Å²) in [6.07, 6.45) is 3.60. The first-order chi connectivity index (χ1) is 9.06. The number of hydrogen-bond donors (Lipinski definition) is 2. The molecule has 0 aliphatic heterocycles. The van der Waals surface area contributed by atoms with Gasteiger partial charge in [0.2, 0.25) is 0 Å². The monoisotopic (exact) mass is 275 g/mol. The number of hydrogen-bond acceptors (Lipinski definition) is 3. The molecule has 0 aliphatic carbocycles. The van der Waals surface area contributed by atoms with Crippen molar-refractivity contribution in [3.63, 3.8) is 0 Å². The molecule has 5 heteroatoms. The Labute approximate surface area is 118 Å². The highest BCUT2D eigenvalue weighted by Gasteiger charge is 2.07. The summed E-state index contributed by atoms with van der Waals surface area (Å²) in [5.74, 6) is 0.352. The molecule has 4 nitrogen and oxygen atoms in total. The topological polar surface area (TPSA) is 53.5 Å². The molecule has 0 saturated carbocycles. The number of nitrogens with zero attached hydrogens (tertiary/aromatic N) is 1. The van der Waals surface area contributed by atoms with Crippen LogP contribution in [0, 0.1) is 6.92 Å². The summed E-state index contributed by atoms with van der Waals surface area (Å²) in [5, 5.41) is 5.67. The van der Waals surface area contributed by atoms with Gasteiger partial charge >= 0.3 is 0 Å². The summed E-state index contributed by atoms with van der Waals surface area (Å²) in [6, 6.07) is 7.27. The number of aliphatic imine (C=N–C) groups is 1. The van der Waals surface area contributed by atoms with Gasteiger partial charge in [-0.05, 0) is 44.3 Å². The molecule has 100 valence electrons. The number of aryl methyl sites for hydroxylation is 1. The fourth-order valence-electron chi connectivity index (χ4n) is 1.36. The van der Waals surface area contributed by atoms with E-state index in [2.05, 4.69) is 15.6 Å². The summed E-state index contributed by atoms with van der Waals surface area (Å²) < 4.78 is 0. The van der Waals surface area contributed by atoms with E-state index in [0.717, 1.165) is 5.56 Å². The third-order valence-electron chi connectivity index (χ3n) is 2.35. The van der Waals surface area contributed by atoms with E-state index < -0.39 is 0 Å². The molecule has 0 fully saturated rings. The lowest BCUT2D eigenvalue weighted by atomic mass is 10.1. The predicted octanol–water partition coefficient (Wildman–Crippen LogP) is 2.20. The Morgan fingerprint density at radius 3 is 2.42 bits per heavy atom. The normalized spacial score (nSPS) is 11.4. The van der Waals surface area contributed by atoms with Crippen LogP contribution in [-0.4, -0.2) is 23.9 Å². The van der Waals surface area contributed by atoms with Gasteiger partial charge in [0.05, 0.1) is 0 Å². The van der Waals surface area contributed by atoms with Crippen LogP contribution in [0.2, 0.25) is 0 Å². The lowest BCUT2D eigenvalue weighted by Crippen LogP contribution is -2.41. The van der Waals surface area contributed by atoms with Crippen LogP contribution in [0.25, 0.3) is 0 Å². The quantitative estimate of drug-likeness (QED) is 0.494. The second-order valence-corrected chi connectivity index (χ2v) is 4.29. The molecule has 1 amide bonds. The minimum atomic E-state index is -0.242. The molecule has 0 unspecified atom stereocenters. The number of allylic oxidation sites excluding steroid dienone is 1. The van der Waals surface area contributed by atoms with E-state index in [9.17, 15) is 4.79 Å².